The number of hydrogen-bond donors (Lipinski definition) is 2. The van der Waals surface area contributed by atoms with Crippen LogP contribution in [0.1, 0.15) is 28.1 Å². The molecule has 0 saturated heterocycles. The van der Waals surface area contributed by atoms with Crippen LogP contribution in [-0.4, -0.2) is 10.1 Å². The van der Waals surface area contributed by atoms with Gasteiger partial charge in [0, 0.05) is 11.1 Å². The van der Waals surface area contributed by atoms with Crippen LogP contribution in [0.15, 0.2) is 33.6 Å². The normalized spacial score (nSPS) is 10.2. The molecule has 0 aliphatic carbocycles. The first kappa shape index (κ1) is 17.8. The Kier molecular flexibility index (Phi) is 4.65. The number of H-pyrrole nitrogens is 1. The van der Waals surface area contributed by atoms with Crippen molar-refractivity contribution in [1.29, 1.82) is 10.5 Å². The number of aromatic nitrogens is 2. The molecule has 3 rings (SSSR count). The van der Waals surface area contributed by atoms with E-state index in [1.54, 1.807) is 38.1 Å². The van der Waals surface area contributed by atoms with Crippen molar-refractivity contribution in [2.45, 2.75) is 20.5 Å². The van der Waals surface area contributed by atoms with Gasteiger partial charge in [-0.15, -0.1) is 0 Å². The lowest BCUT2D eigenvalue weighted by molar-refractivity contribution is 0.303. The third-order valence-electron chi connectivity index (χ3n) is 4.18. The summed E-state index contributed by atoms with van der Waals surface area (Å²) in [6.45, 7) is 3.77. The summed E-state index contributed by atoms with van der Waals surface area (Å²) >= 11 is 0. The van der Waals surface area contributed by atoms with E-state index in [9.17, 15) is 15.3 Å². The van der Waals surface area contributed by atoms with Crippen LogP contribution >= 0.6 is 0 Å². The van der Waals surface area contributed by atoms with E-state index in [4.69, 9.17) is 15.0 Å². The van der Waals surface area contributed by atoms with Gasteiger partial charge in [0.2, 0.25) is 0 Å². The number of aromatic amines is 1. The highest BCUT2D eigenvalue weighted by molar-refractivity contribution is 5.83. The van der Waals surface area contributed by atoms with Crippen molar-refractivity contribution in [1.82, 2.24) is 10.1 Å². The zero-order valence-corrected chi connectivity index (χ0v) is 14.7. The Hall–Kier alpha value is -4.04. The van der Waals surface area contributed by atoms with Crippen molar-refractivity contribution >= 4 is 5.82 Å². The standard InChI is InChI=1S/C19H15N5O3/c1-10-15(11(2)27-24-10)9-26-16-6-4-3-5-12(16)17-13(7-20)18(22)23-19(25)14(17)8-21/h3-6H,9H2,1-2H3,(H3,22,23,25). The molecule has 0 unspecified atom stereocenters. The monoisotopic (exact) mass is 361 g/mol. The highest BCUT2D eigenvalue weighted by Gasteiger charge is 2.21. The Morgan fingerprint density at radius 2 is 1.93 bits per heavy atom. The summed E-state index contributed by atoms with van der Waals surface area (Å²) in [5, 5.41) is 22.8. The number of para-hydroxylation sites is 1. The molecule has 0 saturated carbocycles. The Morgan fingerprint density at radius 3 is 2.56 bits per heavy atom. The summed E-state index contributed by atoms with van der Waals surface area (Å²) in [5.41, 5.74) is 7.02. The minimum atomic E-state index is -0.662. The van der Waals surface area contributed by atoms with E-state index in [-0.39, 0.29) is 29.1 Å². The molecular weight excluding hydrogens is 346 g/mol. The summed E-state index contributed by atoms with van der Waals surface area (Å²) in [4.78, 5) is 14.5. The van der Waals surface area contributed by atoms with Gasteiger partial charge in [-0.1, -0.05) is 23.4 Å². The number of hydrogen-bond acceptors (Lipinski definition) is 7. The summed E-state index contributed by atoms with van der Waals surface area (Å²) < 4.78 is 11.0. The van der Waals surface area contributed by atoms with Crippen molar-refractivity contribution < 1.29 is 9.26 Å². The van der Waals surface area contributed by atoms with Crippen molar-refractivity contribution in [3.8, 4) is 29.0 Å². The molecule has 2 heterocycles. The lowest BCUT2D eigenvalue weighted by Gasteiger charge is -2.14. The first-order chi connectivity index (χ1) is 13.0. The Morgan fingerprint density at radius 1 is 1.22 bits per heavy atom. The maximum absolute atomic E-state index is 12.1. The molecule has 0 radical (unpaired) electrons. The van der Waals surface area contributed by atoms with Crippen LogP contribution in [0.3, 0.4) is 0 Å². The average molecular weight is 361 g/mol. The number of aryl methyl sites for hydroxylation is 2. The van der Waals surface area contributed by atoms with E-state index in [2.05, 4.69) is 10.1 Å². The van der Waals surface area contributed by atoms with Gasteiger partial charge in [0.25, 0.3) is 5.56 Å². The second kappa shape index (κ2) is 7.06. The first-order valence-electron chi connectivity index (χ1n) is 7.97. The number of nitrogen functional groups attached to an aromatic ring is 1. The number of nitrogens with two attached hydrogens (primary N) is 1. The summed E-state index contributed by atoms with van der Waals surface area (Å²) in [7, 11) is 0. The van der Waals surface area contributed by atoms with Gasteiger partial charge in [-0.25, -0.2) is 0 Å². The Bertz CT molecular complexity index is 1140. The van der Waals surface area contributed by atoms with Gasteiger partial charge in [0.15, 0.2) is 0 Å². The number of anilines is 1. The van der Waals surface area contributed by atoms with Gasteiger partial charge in [-0.05, 0) is 19.9 Å². The van der Waals surface area contributed by atoms with Crippen LogP contribution < -0.4 is 16.0 Å². The fraction of sp³-hybridized carbons (Fsp3) is 0.158. The number of ether oxygens (including phenoxy) is 1. The van der Waals surface area contributed by atoms with Crippen molar-refractivity contribution in [2.24, 2.45) is 0 Å². The molecule has 134 valence electrons. The molecule has 8 heteroatoms. The first-order valence-corrected chi connectivity index (χ1v) is 7.97. The maximum atomic E-state index is 12.1. The molecule has 3 aromatic rings. The molecular formula is C19H15N5O3. The average Bonchev–Trinajstić information content (AvgIpc) is 2.97. The molecule has 3 N–H and O–H groups in total. The van der Waals surface area contributed by atoms with Gasteiger partial charge in [-0.2, -0.15) is 10.5 Å². The van der Waals surface area contributed by atoms with Crippen LogP contribution in [0.25, 0.3) is 11.1 Å². The predicted molar refractivity (Wildman–Crippen MR) is 96.7 cm³/mol. The number of pyridine rings is 1. The number of benzene rings is 1. The number of rotatable bonds is 4. The molecule has 0 atom stereocenters. The van der Waals surface area contributed by atoms with Crippen LogP contribution in [0.4, 0.5) is 5.82 Å². The van der Waals surface area contributed by atoms with E-state index in [0.29, 0.717) is 22.8 Å². The van der Waals surface area contributed by atoms with Crippen LogP contribution in [-0.2, 0) is 6.61 Å². The fourth-order valence-electron chi connectivity index (χ4n) is 2.77. The molecule has 0 aliphatic rings. The van der Waals surface area contributed by atoms with E-state index < -0.39 is 5.56 Å². The summed E-state index contributed by atoms with van der Waals surface area (Å²) in [5.74, 6) is 0.938. The van der Waals surface area contributed by atoms with E-state index in [1.165, 1.54) is 0 Å². The van der Waals surface area contributed by atoms with Gasteiger partial charge in [0.05, 0.1) is 11.3 Å². The fourth-order valence-corrected chi connectivity index (χ4v) is 2.77. The van der Waals surface area contributed by atoms with Crippen LogP contribution in [0, 0.1) is 36.5 Å². The molecule has 0 fully saturated rings. The lowest BCUT2D eigenvalue weighted by atomic mass is 9.96. The Balaban J connectivity index is 2.14. The van der Waals surface area contributed by atoms with Crippen LogP contribution in [0.2, 0.25) is 0 Å². The second-order valence-electron chi connectivity index (χ2n) is 5.80. The van der Waals surface area contributed by atoms with E-state index in [1.807, 2.05) is 12.1 Å². The highest BCUT2D eigenvalue weighted by atomic mass is 16.5. The molecule has 0 amide bonds. The van der Waals surface area contributed by atoms with Gasteiger partial charge < -0.3 is 20.0 Å². The quantitative estimate of drug-likeness (QED) is 0.727. The second-order valence-corrected chi connectivity index (χ2v) is 5.80. The summed E-state index contributed by atoms with van der Waals surface area (Å²) in [6, 6.07) is 10.6. The zero-order valence-electron chi connectivity index (χ0n) is 14.7. The van der Waals surface area contributed by atoms with Crippen LogP contribution in [0.5, 0.6) is 5.75 Å². The molecule has 27 heavy (non-hydrogen) atoms. The molecule has 8 nitrogen and oxygen atoms in total. The molecule has 0 aliphatic heterocycles. The smallest absolute Gasteiger partial charge is 0.268 e. The largest absolute Gasteiger partial charge is 0.488 e. The third kappa shape index (κ3) is 3.12. The van der Waals surface area contributed by atoms with Crippen molar-refractivity contribution in [2.75, 3.05) is 5.73 Å². The van der Waals surface area contributed by atoms with Gasteiger partial charge in [0.1, 0.15) is 47.2 Å². The molecule has 2 aromatic heterocycles. The SMILES string of the molecule is Cc1noc(C)c1COc1ccccc1-c1c(C#N)c(N)[nH]c(=O)c1C#N. The summed E-state index contributed by atoms with van der Waals surface area (Å²) in [6.07, 6.45) is 0. The molecule has 0 spiro atoms. The molecule has 0 bridgehead atoms. The number of nitriles is 2. The third-order valence-corrected chi connectivity index (χ3v) is 4.18. The lowest BCUT2D eigenvalue weighted by Crippen LogP contribution is -2.16. The van der Waals surface area contributed by atoms with Crippen molar-refractivity contribution in [3.63, 3.8) is 0 Å². The van der Waals surface area contributed by atoms with E-state index >= 15 is 0 Å². The number of nitrogens with one attached hydrogen (secondary N) is 1. The number of nitrogens with zero attached hydrogens (tertiary/aromatic N) is 3. The predicted octanol–water partition coefficient (Wildman–Crippen LogP) is 2.55. The van der Waals surface area contributed by atoms with E-state index in [0.717, 1.165) is 5.56 Å². The van der Waals surface area contributed by atoms with Gasteiger partial charge >= 0.3 is 0 Å². The minimum absolute atomic E-state index is 0.0135. The molecule has 1 aromatic carbocycles. The Labute approximate surface area is 154 Å². The highest BCUT2D eigenvalue weighted by Crippen LogP contribution is 2.35. The topological polar surface area (TPSA) is 142 Å². The van der Waals surface area contributed by atoms with Crippen molar-refractivity contribution in [3.05, 3.63) is 62.8 Å². The zero-order chi connectivity index (χ0) is 19.6. The van der Waals surface area contributed by atoms with Gasteiger partial charge in [-0.3, -0.25) is 4.79 Å². The maximum Gasteiger partial charge on any atom is 0.268 e. The minimum Gasteiger partial charge on any atom is -0.488 e.